The molecule has 0 aliphatic heterocycles. The molecule has 0 radical (unpaired) electrons. The number of anilines is 1. The van der Waals surface area contributed by atoms with Gasteiger partial charge in [0, 0.05) is 23.5 Å². The second kappa shape index (κ2) is 16.4. The third-order valence-electron chi connectivity index (χ3n) is 8.54. The van der Waals surface area contributed by atoms with Crippen LogP contribution in [0.2, 0.25) is 10.0 Å². The van der Waals surface area contributed by atoms with Crippen LogP contribution < -0.4 is 9.62 Å². The highest BCUT2D eigenvalue weighted by atomic mass is 79.9. The summed E-state index contributed by atoms with van der Waals surface area (Å²) >= 11 is 16.1. The van der Waals surface area contributed by atoms with E-state index in [1.54, 1.807) is 12.1 Å². The number of halogens is 3. The van der Waals surface area contributed by atoms with E-state index in [4.69, 9.17) is 23.2 Å². The van der Waals surface area contributed by atoms with Crippen molar-refractivity contribution in [3.8, 4) is 0 Å². The highest BCUT2D eigenvalue weighted by Crippen LogP contribution is 2.31. The first-order valence-corrected chi connectivity index (χ1v) is 18.9. The molecule has 1 aliphatic rings. The van der Waals surface area contributed by atoms with Crippen molar-refractivity contribution in [1.29, 1.82) is 0 Å². The van der Waals surface area contributed by atoms with E-state index in [1.807, 2.05) is 61.5 Å². The number of hydrogen-bond acceptors (Lipinski definition) is 4. The minimum atomic E-state index is -4.26. The van der Waals surface area contributed by atoms with Crippen molar-refractivity contribution in [2.45, 2.75) is 69.0 Å². The van der Waals surface area contributed by atoms with Gasteiger partial charge in [-0.2, -0.15) is 0 Å². The summed E-state index contributed by atoms with van der Waals surface area (Å²) in [4.78, 5) is 30.4. The van der Waals surface area contributed by atoms with E-state index in [9.17, 15) is 18.0 Å². The normalized spacial score (nSPS) is 14.2. The Morgan fingerprint density at radius 3 is 2.21 bits per heavy atom. The van der Waals surface area contributed by atoms with E-state index in [1.165, 1.54) is 35.2 Å². The number of rotatable bonds is 12. The van der Waals surface area contributed by atoms with E-state index in [0.29, 0.717) is 0 Å². The molecule has 48 heavy (non-hydrogen) atoms. The maximum Gasteiger partial charge on any atom is 0.264 e. The van der Waals surface area contributed by atoms with Crippen LogP contribution in [-0.4, -0.2) is 43.8 Å². The largest absolute Gasteiger partial charge is 0.352 e. The first-order chi connectivity index (χ1) is 23.0. The molecular formula is C37H38BrCl2N3O4S. The Balaban J connectivity index is 1.58. The highest BCUT2D eigenvalue weighted by Gasteiger charge is 2.35. The van der Waals surface area contributed by atoms with Crippen LogP contribution in [0.3, 0.4) is 0 Å². The van der Waals surface area contributed by atoms with Gasteiger partial charge in [-0.05, 0) is 73.4 Å². The zero-order valence-corrected chi connectivity index (χ0v) is 30.5. The summed E-state index contributed by atoms with van der Waals surface area (Å²) < 4.78 is 30.4. The lowest BCUT2D eigenvalue weighted by molar-refractivity contribution is -0.140. The van der Waals surface area contributed by atoms with Crippen molar-refractivity contribution in [2.24, 2.45) is 0 Å². The lowest BCUT2D eigenvalue weighted by Crippen LogP contribution is -2.55. The molecular weight excluding hydrogens is 733 g/mol. The summed E-state index contributed by atoms with van der Waals surface area (Å²) in [5, 5.41) is 3.62. The standard InChI is InChI=1S/C37H38BrCl2N3O4S/c1-26-15-18-32(19-16-26)48(46,47)43(31-17-20-33(39)34(40)23-31)25-36(44)42(24-28-11-8-12-29(38)21-28)35(22-27-9-4-2-5-10-27)37(45)41-30-13-6-3-7-14-30/h2,4-5,8-12,15-21,23,30,35H,3,6-7,13-14,22,24-25H2,1H3,(H,41,45)/t35-/m1/s1. The van der Waals surface area contributed by atoms with Crippen molar-refractivity contribution in [3.05, 3.63) is 128 Å². The second-order valence-electron chi connectivity index (χ2n) is 12.1. The van der Waals surface area contributed by atoms with Gasteiger partial charge in [0.2, 0.25) is 11.8 Å². The number of aryl methyl sites for hydroxylation is 1. The second-order valence-corrected chi connectivity index (χ2v) is 15.7. The third kappa shape index (κ3) is 9.20. The molecule has 0 spiro atoms. The number of nitrogens with zero attached hydrogens (tertiary/aromatic N) is 2. The van der Waals surface area contributed by atoms with Gasteiger partial charge in [-0.25, -0.2) is 8.42 Å². The van der Waals surface area contributed by atoms with Crippen LogP contribution in [0.5, 0.6) is 0 Å². The number of amides is 2. The number of sulfonamides is 1. The van der Waals surface area contributed by atoms with E-state index >= 15 is 0 Å². The molecule has 0 heterocycles. The molecule has 0 aromatic heterocycles. The van der Waals surface area contributed by atoms with E-state index in [0.717, 1.165) is 57.6 Å². The minimum Gasteiger partial charge on any atom is -0.352 e. The quantitative estimate of drug-likeness (QED) is 0.157. The van der Waals surface area contributed by atoms with Gasteiger partial charge in [0.25, 0.3) is 10.0 Å². The zero-order chi connectivity index (χ0) is 34.3. The van der Waals surface area contributed by atoms with Crippen LogP contribution in [0.4, 0.5) is 5.69 Å². The van der Waals surface area contributed by atoms with Gasteiger partial charge >= 0.3 is 0 Å². The molecule has 0 saturated heterocycles. The predicted molar refractivity (Wildman–Crippen MR) is 196 cm³/mol. The van der Waals surface area contributed by atoms with Gasteiger partial charge in [0.1, 0.15) is 12.6 Å². The van der Waals surface area contributed by atoms with Crippen molar-refractivity contribution in [3.63, 3.8) is 0 Å². The number of benzene rings is 4. The first-order valence-electron chi connectivity index (χ1n) is 15.9. The monoisotopic (exact) mass is 769 g/mol. The Morgan fingerprint density at radius 1 is 0.854 bits per heavy atom. The molecule has 1 fully saturated rings. The fourth-order valence-electron chi connectivity index (χ4n) is 5.94. The number of carbonyl (C=O) groups excluding carboxylic acids is 2. The number of hydrogen-bond donors (Lipinski definition) is 1. The van der Waals surface area contributed by atoms with Crippen LogP contribution in [0.1, 0.15) is 48.8 Å². The Hall–Kier alpha value is -3.37. The predicted octanol–water partition coefficient (Wildman–Crippen LogP) is 8.35. The zero-order valence-electron chi connectivity index (χ0n) is 26.6. The average molecular weight is 772 g/mol. The molecule has 1 atom stereocenters. The summed E-state index contributed by atoms with van der Waals surface area (Å²) in [6.07, 6.45) is 5.20. The fourth-order valence-corrected chi connectivity index (χ4v) is 8.08. The summed E-state index contributed by atoms with van der Waals surface area (Å²) in [5.74, 6) is -0.812. The minimum absolute atomic E-state index is 0.0152. The molecule has 7 nitrogen and oxygen atoms in total. The molecule has 11 heteroatoms. The van der Waals surface area contributed by atoms with Crippen molar-refractivity contribution >= 4 is 66.7 Å². The molecule has 1 N–H and O–H groups in total. The number of nitrogens with one attached hydrogen (secondary N) is 1. The molecule has 4 aromatic rings. The van der Waals surface area contributed by atoms with Crippen LogP contribution in [0.25, 0.3) is 0 Å². The Kier molecular flexibility index (Phi) is 12.2. The SMILES string of the molecule is Cc1ccc(S(=O)(=O)N(CC(=O)N(Cc2cccc(Br)c2)[C@H](Cc2ccccc2)C(=O)NC2CCCCC2)c2ccc(Cl)c(Cl)c2)cc1. The van der Waals surface area contributed by atoms with Crippen LogP contribution >= 0.6 is 39.1 Å². The van der Waals surface area contributed by atoms with Crippen molar-refractivity contribution in [1.82, 2.24) is 10.2 Å². The van der Waals surface area contributed by atoms with Crippen molar-refractivity contribution in [2.75, 3.05) is 10.8 Å². The highest BCUT2D eigenvalue weighted by molar-refractivity contribution is 9.10. The first kappa shape index (κ1) is 35.9. The molecule has 0 bridgehead atoms. The molecule has 4 aromatic carbocycles. The Labute approximate surface area is 301 Å². The Bertz CT molecular complexity index is 1840. The molecule has 2 amide bonds. The molecule has 0 unspecified atom stereocenters. The molecule has 252 valence electrons. The Morgan fingerprint density at radius 2 is 1.54 bits per heavy atom. The summed E-state index contributed by atoms with van der Waals surface area (Å²) in [5.41, 5.74) is 2.72. The van der Waals surface area contributed by atoms with Gasteiger partial charge in [-0.1, -0.05) is 119 Å². The van der Waals surface area contributed by atoms with Gasteiger partial charge in [0.15, 0.2) is 0 Å². The third-order valence-corrected chi connectivity index (χ3v) is 11.6. The maximum absolute atomic E-state index is 14.7. The van der Waals surface area contributed by atoms with Gasteiger partial charge in [-0.3, -0.25) is 13.9 Å². The fraction of sp³-hybridized carbons (Fsp3) is 0.297. The van der Waals surface area contributed by atoms with Gasteiger partial charge in [0.05, 0.1) is 20.6 Å². The smallest absolute Gasteiger partial charge is 0.264 e. The molecule has 5 rings (SSSR count). The van der Waals surface area contributed by atoms with Crippen molar-refractivity contribution < 1.29 is 18.0 Å². The summed E-state index contributed by atoms with van der Waals surface area (Å²) in [7, 11) is -4.26. The molecule has 1 aliphatic carbocycles. The average Bonchev–Trinajstić information content (AvgIpc) is 3.07. The molecule has 1 saturated carbocycles. The van der Waals surface area contributed by atoms with E-state index in [2.05, 4.69) is 21.2 Å². The van der Waals surface area contributed by atoms with E-state index in [-0.39, 0.29) is 45.5 Å². The van der Waals surface area contributed by atoms with Gasteiger partial charge in [-0.15, -0.1) is 0 Å². The van der Waals surface area contributed by atoms with Crippen LogP contribution in [0, 0.1) is 6.92 Å². The lowest BCUT2D eigenvalue weighted by Gasteiger charge is -2.35. The van der Waals surface area contributed by atoms with E-state index < -0.39 is 28.5 Å². The lowest BCUT2D eigenvalue weighted by atomic mass is 9.94. The summed E-state index contributed by atoms with van der Waals surface area (Å²) in [6, 6.07) is 27.0. The summed E-state index contributed by atoms with van der Waals surface area (Å²) in [6.45, 7) is 1.36. The topological polar surface area (TPSA) is 86.8 Å². The van der Waals surface area contributed by atoms with Crippen LogP contribution in [-0.2, 0) is 32.6 Å². The van der Waals surface area contributed by atoms with Gasteiger partial charge < -0.3 is 10.2 Å². The maximum atomic E-state index is 14.7. The van der Waals surface area contributed by atoms with Crippen LogP contribution in [0.15, 0.2) is 106 Å². The number of carbonyl (C=O) groups is 2.